The summed E-state index contributed by atoms with van der Waals surface area (Å²) in [5.41, 5.74) is 10.8. The lowest BCUT2D eigenvalue weighted by atomic mass is 9.92. The van der Waals surface area contributed by atoms with Crippen LogP contribution in [0, 0.1) is 5.82 Å². The van der Waals surface area contributed by atoms with Gasteiger partial charge in [0, 0.05) is 12.1 Å². The number of nitrogens with zero attached hydrogens (tertiary/aromatic N) is 1. The Morgan fingerprint density at radius 1 is 1.33 bits per heavy atom. The van der Waals surface area contributed by atoms with Gasteiger partial charge >= 0.3 is 0 Å². The summed E-state index contributed by atoms with van der Waals surface area (Å²) in [5, 5.41) is 2.90. The smallest absolute Gasteiger partial charge is 0.251 e. The van der Waals surface area contributed by atoms with E-state index in [1.165, 1.54) is 0 Å². The summed E-state index contributed by atoms with van der Waals surface area (Å²) in [4.78, 5) is 14.9. The van der Waals surface area contributed by atoms with Crippen molar-refractivity contribution in [3.8, 4) is 0 Å². The van der Waals surface area contributed by atoms with Gasteiger partial charge in [0.15, 0.2) is 11.6 Å². The van der Waals surface area contributed by atoms with Gasteiger partial charge in [-0.2, -0.15) is 0 Å². The number of carbonyl (C=O) groups is 1. The minimum absolute atomic E-state index is 0. The molecule has 1 aliphatic carbocycles. The molecule has 0 atom stereocenters. The van der Waals surface area contributed by atoms with Gasteiger partial charge in [0.25, 0.3) is 5.91 Å². The Hall–Kier alpha value is -0.820. The largest absolute Gasteiger partial charge is 0.366 e. The molecule has 1 aromatic rings. The van der Waals surface area contributed by atoms with E-state index in [0.29, 0.717) is 0 Å². The maximum atomic E-state index is 13.8. The zero-order chi connectivity index (χ0) is 14.0. The van der Waals surface area contributed by atoms with Crippen molar-refractivity contribution in [2.24, 2.45) is 11.5 Å². The van der Waals surface area contributed by atoms with Gasteiger partial charge in [0.05, 0.1) is 5.56 Å². The minimum Gasteiger partial charge on any atom is -0.366 e. The molecule has 120 valence electrons. The molecule has 1 heterocycles. The predicted molar refractivity (Wildman–Crippen MR) is 86.1 cm³/mol. The van der Waals surface area contributed by atoms with Gasteiger partial charge in [-0.3, -0.25) is 4.79 Å². The number of pyridine rings is 1. The highest BCUT2D eigenvalue weighted by Crippen LogP contribution is 2.24. The Labute approximate surface area is 139 Å². The summed E-state index contributed by atoms with van der Waals surface area (Å²) in [6.07, 6.45) is 3.51. The number of anilines is 1. The van der Waals surface area contributed by atoms with Crippen LogP contribution in [0.25, 0.3) is 0 Å². The molecule has 1 aromatic heterocycles. The predicted octanol–water partition coefficient (Wildman–Crippen LogP) is 2.50. The van der Waals surface area contributed by atoms with E-state index in [1.54, 1.807) is 0 Å². The molecular formula is C12H18Cl3FN4O. The van der Waals surface area contributed by atoms with Gasteiger partial charge in [-0.25, -0.2) is 9.37 Å². The second-order valence-electron chi connectivity index (χ2n) is 4.78. The number of nitrogens with one attached hydrogen (secondary N) is 1. The zero-order valence-electron chi connectivity index (χ0n) is 11.1. The monoisotopic (exact) mass is 358 g/mol. The first kappa shape index (κ1) is 20.2. The number of rotatable bonds is 3. The number of hydrogen-bond donors (Lipinski definition) is 3. The van der Waals surface area contributed by atoms with Crippen LogP contribution in [0.1, 0.15) is 36.0 Å². The molecular weight excluding hydrogens is 342 g/mol. The Morgan fingerprint density at radius 3 is 2.43 bits per heavy atom. The number of nitrogens with two attached hydrogens (primary N) is 2. The van der Waals surface area contributed by atoms with Crippen molar-refractivity contribution >= 4 is 48.1 Å². The van der Waals surface area contributed by atoms with Crippen molar-refractivity contribution in [3.05, 3.63) is 22.6 Å². The second-order valence-corrected chi connectivity index (χ2v) is 5.14. The molecule has 1 aliphatic rings. The van der Waals surface area contributed by atoms with Gasteiger partial charge in [-0.15, -0.1) is 24.8 Å². The summed E-state index contributed by atoms with van der Waals surface area (Å²) >= 11 is 5.80. The van der Waals surface area contributed by atoms with Crippen molar-refractivity contribution in [1.29, 1.82) is 0 Å². The van der Waals surface area contributed by atoms with Crippen LogP contribution in [-0.4, -0.2) is 23.0 Å². The topological polar surface area (TPSA) is 94.0 Å². The molecule has 1 amide bonds. The molecule has 0 radical (unpaired) electrons. The Balaban J connectivity index is 0.00000200. The lowest BCUT2D eigenvalue weighted by Crippen LogP contribution is -2.33. The number of primary amides is 1. The molecule has 0 bridgehead atoms. The fraction of sp³-hybridized carbons (Fsp3) is 0.500. The van der Waals surface area contributed by atoms with Crippen LogP contribution in [-0.2, 0) is 0 Å². The van der Waals surface area contributed by atoms with Crippen LogP contribution in [0.15, 0.2) is 6.07 Å². The van der Waals surface area contributed by atoms with Crippen LogP contribution in [0.3, 0.4) is 0 Å². The zero-order valence-corrected chi connectivity index (χ0v) is 13.5. The van der Waals surface area contributed by atoms with E-state index in [2.05, 4.69) is 10.3 Å². The lowest BCUT2D eigenvalue weighted by molar-refractivity contribution is 0.0999. The first-order valence-electron chi connectivity index (χ1n) is 6.15. The van der Waals surface area contributed by atoms with E-state index in [0.717, 1.165) is 31.7 Å². The third-order valence-corrected chi connectivity index (χ3v) is 3.60. The molecule has 0 saturated heterocycles. The van der Waals surface area contributed by atoms with Crippen LogP contribution in [0.2, 0.25) is 5.15 Å². The minimum atomic E-state index is -0.799. The van der Waals surface area contributed by atoms with E-state index in [4.69, 9.17) is 23.1 Å². The van der Waals surface area contributed by atoms with E-state index in [9.17, 15) is 9.18 Å². The molecule has 0 aliphatic heterocycles. The third kappa shape index (κ3) is 5.14. The average Bonchev–Trinajstić information content (AvgIpc) is 2.35. The highest BCUT2D eigenvalue weighted by Gasteiger charge is 2.21. The molecule has 0 aromatic carbocycles. The maximum absolute atomic E-state index is 13.8. The van der Waals surface area contributed by atoms with E-state index < -0.39 is 11.7 Å². The summed E-state index contributed by atoms with van der Waals surface area (Å²) in [6, 6.07) is 1.35. The quantitative estimate of drug-likeness (QED) is 0.723. The first-order chi connectivity index (χ1) is 8.97. The molecule has 21 heavy (non-hydrogen) atoms. The Kier molecular flexibility index (Phi) is 8.25. The van der Waals surface area contributed by atoms with E-state index in [1.807, 2.05) is 0 Å². The van der Waals surface area contributed by atoms with Crippen molar-refractivity contribution in [1.82, 2.24) is 4.98 Å². The summed E-state index contributed by atoms with van der Waals surface area (Å²) in [6.45, 7) is 0. The van der Waals surface area contributed by atoms with Crippen molar-refractivity contribution in [2.45, 2.75) is 37.8 Å². The molecule has 1 saturated carbocycles. The fourth-order valence-electron chi connectivity index (χ4n) is 2.20. The van der Waals surface area contributed by atoms with Crippen LogP contribution < -0.4 is 16.8 Å². The molecule has 2 rings (SSSR count). The summed E-state index contributed by atoms with van der Waals surface area (Å²) < 4.78 is 13.8. The third-order valence-electron chi connectivity index (χ3n) is 3.31. The van der Waals surface area contributed by atoms with E-state index >= 15 is 0 Å². The first-order valence-corrected chi connectivity index (χ1v) is 6.53. The van der Waals surface area contributed by atoms with Crippen LogP contribution in [0.4, 0.5) is 10.2 Å². The molecule has 5 nitrogen and oxygen atoms in total. The van der Waals surface area contributed by atoms with Gasteiger partial charge in [0.2, 0.25) is 0 Å². The van der Waals surface area contributed by atoms with Crippen LogP contribution in [0.5, 0.6) is 0 Å². The highest BCUT2D eigenvalue weighted by atomic mass is 35.5. The number of aromatic nitrogens is 1. The van der Waals surface area contributed by atoms with Crippen molar-refractivity contribution < 1.29 is 9.18 Å². The number of amides is 1. The second kappa shape index (κ2) is 8.58. The van der Waals surface area contributed by atoms with Gasteiger partial charge in [0.1, 0.15) is 5.15 Å². The van der Waals surface area contributed by atoms with Gasteiger partial charge in [-0.05, 0) is 31.7 Å². The standard InChI is InChI=1S/C12H16ClFN4O.2ClH/c13-10-8(11(16)19)5-9(14)12(18-10)17-7-3-1-6(15)2-4-7;;/h5-7H,1-4,15H2,(H2,16,19)(H,17,18);2*1H. The number of carbonyl (C=O) groups excluding carboxylic acids is 1. The van der Waals surface area contributed by atoms with Gasteiger partial charge < -0.3 is 16.8 Å². The fourth-order valence-corrected chi connectivity index (χ4v) is 2.43. The summed E-state index contributed by atoms with van der Waals surface area (Å²) in [7, 11) is 0. The maximum Gasteiger partial charge on any atom is 0.251 e. The molecule has 1 fully saturated rings. The molecule has 0 spiro atoms. The average molecular weight is 360 g/mol. The van der Waals surface area contributed by atoms with E-state index in [-0.39, 0.29) is 53.4 Å². The molecule has 0 unspecified atom stereocenters. The SMILES string of the molecule is Cl.Cl.NC(=O)c1cc(F)c(NC2CCC(N)CC2)nc1Cl. The number of halogens is 4. The summed E-state index contributed by atoms with van der Waals surface area (Å²) in [5.74, 6) is -1.38. The van der Waals surface area contributed by atoms with Crippen molar-refractivity contribution in [2.75, 3.05) is 5.32 Å². The molecule has 5 N–H and O–H groups in total. The van der Waals surface area contributed by atoms with Crippen molar-refractivity contribution in [3.63, 3.8) is 0 Å². The highest BCUT2D eigenvalue weighted by molar-refractivity contribution is 6.32. The Bertz CT molecular complexity index is 496. The Morgan fingerprint density at radius 2 is 1.90 bits per heavy atom. The lowest BCUT2D eigenvalue weighted by Gasteiger charge is -2.27. The van der Waals surface area contributed by atoms with Crippen LogP contribution >= 0.6 is 36.4 Å². The normalized spacial score (nSPS) is 20.9. The number of hydrogen-bond acceptors (Lipinski definition) is 4. The van der Waals surface area contributed by atoms with Gasteiger partial charge in [-0.1, -0.05) is 11.6 Å². The molecule has 9 heteroatoms.